The molecule has 0 radical (unpaired) electrons. The molecule has 2 heterocycles. The van der Waals surface area contributed by atoms with Gasteiger partial charge in [-0.2, -0.15) is 4.98 Å². The maximum Gasteiger partial charge on any atom is 0.243 e. The van der Waals surface area contributed by atoms with Gasteiger partial charge in [0.05, 0.1) is 5.60 Å². The average Bonchev–Trinajstić information content (AvgIpc) is 2.81. The summed E-state index contributed by atoms with van der Waals surface area (Å²) in [5.41, 5.74) is 1.26. The zero-order chi connectivity index (χ0) is 14.2. The quantitative estimate of drug-likeness (QED) is 0.902. The van der Waals surface area contributed by atoms with Crippen molar-refractivity contribution in [2.45, 2.75) is 45.1 Å². The van der Waals surface area contributed by atoms with E-state index < -0.39 is 5.60 Å². The van der Waals surface area contributed by atoms with Crippen LogP contribution < -0.4 is 5.32 Å². The Bertz CT molecular complexity index is 609. The minimum atomic E-state index is -0.621. The van der Waals surface area contributed by atoms with Crippen LogP contribution in [0.3, 0.4) is 0 Å². The van der Waals surface area contributed by atoms with Crippen LogP contribution in [-0.4, -0.2) is 31.9 Å². The summed E-state index contributed by atoms with van der Waals surface area (Å²) < 4.78 is 1.82. The van der Waals surface area contributed by atoms with Crippen LogP contribution in [0.25, 0.3) is 5.65 Å². The van der Waals surface area contributed by atoms with Gasteiger partial charge in [-0.05, 0) is 37.8 Å². The number of nitrogens with zero attached hydrogens (tertiary/aromatic N) is 3. The average molecular weight is 274 g/mol. The number of anilines is 1. The van der Waals surface area contributed by atoms with Gasteiger partial charge in [0.15, 0.2) is 5.65 Å². The lowest BCUT2D eigenvalue weighted by atomic mass is 9.79. The van der Waals surface area contributed by atoms with E-state index in [0.717, 1.165) is 30.6 Å². The number of aryl methyl sites for hydroxylation is 1. The third kappa shape index (κ3) is 2.63. The monoisotopic (exact) mass is 274 g/mol. The number of hydrogen-bond acceptors (Lipinski definition) is 4. The summed E-state index contributed by atoms with van der Waals surface area (Å²) >= 11 is 0. The molecule has 5 heteroatoms. The second-order valence-corrected chi connectivity index (χ2v) is 6.15. The number of rotatable bonds is 3. The van der Waals surface area contributed by atoms with Gasteiger partial charge in [-0.25, -0.2) is 4.52 Å². The fraction of sp³-hybridized carbons (Fsp3) is 0.600. The molecule has 20 heavy (non-hydrogen) atoms. The molecule has 1 aliphatic rings. The molecular formula is C15H22N4O. The van der Waals surface area contributed by atoms with Crippen molar-refractivity contribution in [2.24, 2.45) is 5.92 Å². The van der Waals surface area contributed by atoms with Gasteiger partial charge in [0.2, 0.25) is 5.95 Å². The minimum absolute atomic E-state index is 0.521. The van der Waals surface area contributed by atoms with Crippen molar-refractivity contribution < 1.29 is 5.11 Å². The Balaban J connectivity index is 1.72. The standard InChI is InChI=1S/C15H22N4O/c1-11-5-4-8-15(20,9-11)10-16-14-17-13-7-3-6-12(2)19(13)18-14/h3,6-7,11,20H,4-5,8-10H2,1-2H3,(H,16,18). The van der Waals surface area contributed by atoms with Crippen molar-refractivity contribution in [1.82, 2.24) is 14.6 Å². The second-order valence-electron chi connectivity index (χ2n) is 6.15. The predicted octanol–water partition coefficient (Wildman–Crippen LogP) is 2.39. The fourth-order valence-electron chi connectivity index (χ4n) is 3.15. The van der Waals surface area contributed by atoms with Crippen LogP contribution in [0.15, 0.2) is 18.2 Å². The van der Waals surface area contributed by atoms with Gasteiger partial charge in [0, 0.05) is 12.2 Å². The molecule has 5 nitrogen and oxygen atoms in total. The summed E-state index contributed by atoms with van der Waals surface area (Å²) in [7, 11) is 0. The Labute approximate surface area is 119 Å². The van der Waals surface area contributed by atoms with E-state index in [2.05, 4.69) is 22.3 Å². The van der Waals surface area contributed by atoms with Crippen molar-refractivity contribution in [2.75, 3.05) is 11.9 Å². The van der Waals surface area contributed by atoms with Crippen LogP contribution in [-0.2, 0) is 0 Å². The Morgan fingerprint density at radius 3 is 3.10 bits per heavy atom. The first-order chi connectivity index (χ1) is 9.56. The van der Waals surface area contributed by atoms with E-state index in [9.17, 15) is 5.11 Å². The SMILES string of the molecule is Cc1cccc2nc(NCC3(O)CCCC(C)C3)nn12. The number of pyridine rings is 1. The number of hydrogen-bond donors (Lipinski definition) is 2. The van der Waals surface area contributed by atoms with Crippen LogP contribution in [0.1, 0.15) is 38.3 Å². The molecular weight excluding hydrogens is 252 g/mol. The molecule has 1 saturated carbocycles. The number of aromatic nitrogens is 3. The topological polar surface area (TPSA) is 62.5 Å². The third-order valence-corrected chi connectivity index (χ3v) is 4.19. The molecule has 0 spiro atoms. The van der Waals surface area contributed by atoms with Crippen molar-refractivity contribution in [3.8, 4) is 0 Å². The van der Waals surface area contributed by atoms with Gasteiger partial charge in [0.25, 0.3) is 0 Å². The summed E-state index contributed by atoms with van der Waals surface area (Å²) in [5, 5.41) is 18.2. The third-order valence-electron chi connectivity index (χ3n) is 4.19. The predicted molar refractivity (Wildman–Crippen MR) is 78.8 cm³/mol. The first-order valence-corrected chi connectivity index (χ1v) is 7.34. The largest absolute Gasteiger partial charge is 0.388 e. The zero-order valence-corrected chi connectivity index (χ0v) is 12.1. The first-order valence-electron chi connectivity index (χ1n) is 7.34. The van der Waals surface area contributed by atoms with Crippen molar-refractivity contribution in [1.29, 1.82) is 0 Å². The van der Waals surface area contributed by atoms with Gasteiger partial charge in [-0.15, -0.1) is 5.10 Å². The highest BCUT2D eigenvalue weighted by Crippen LogP contribution is 2.32. The highest BCUT2D eigenvalue weighted by atomic mass is 16.3. The van der Waals surface area contributed by atoms with E-state index >= 15 is 0 Å². The smallest absolute Gasteiger partial charge is 0.243 e. The minimum Gasteiger partial charge on any atom is -0.388 e. The van der Waals surface area contributed by atoms with E-state index in [0.29, 0.717) is 18.4 Å². The van der Waals surface area contributed by atoms with Gasteiger partial charge >= 0.3 is 0 Å². The lowest BCUT2D eigenvalue weighted by molar-refractivity contribution is -0.000891. The summed E-state index contributed by atoms with van der Waals surface area (Å²) in [5.74, 6) is 1.18. The molecule has 3 rings (SSSR count). The van der Waals surface area contributed by atoms with Crippen LogP contribution in [0.4, 0.5) is 5.95 Å². The van der Waals surface area contributed by atoms with Gasteiger partial charge in [0.1, 0.15) is 0 Å². The van der Waals surface area contributed by atoms with E-state index in [-0.39, 0.29) is 0 Å². The highest BCUT2D eigenvalue weighted by Gasteiger charge is 2.32. The zero-order valence-electron chi connectivity index (χ0n) is 12.1. The van der Waals surface area contributed by atoms with Crippen molar-refractivity contribution in [3.05, 3.63) is 23.9 Å². The molecule has 2 unspecified atom stereocenters. The lowest BCUT2D eigenvalue weighted by Crippen LogP contribution is -2.41. The van der Waals surface area contributed by atoms with Crippen molar-refractivity contribution >= 4 is 11.6 Å². The molecule has 2 aromatic rings. The number of fused-ring (bicyclic) bond motifs is 1. The Hall–Kier alpha value is -1.62. The van der Waals surface area contributed by atoms with Gasteiger partial charge < -0.3 is 10.4 Å². The molecule has 0 aliphatic heterocycles. The van der Waals surface area contributed by atoms with Crippen molar-refractivity contribution in [3.63, 3.8) is 0 Å². The summed E-state index contributed by atoms with van der Waals surface area (Å²) in [6.07, 6.45) is 4.02. The number of nitrogens with one attached hydrogen (secondary N) is 1. The Morgan fingerprint density at radius 2 is 2.35 bits per heavy atom. The summed E-state index contributed by atoms with van der Waals surface area (Å²) in [4.78, 5) is 4.44. The Morgan fingerprint density at radius 1 is 1.50 bits per heavy atom. The molecule has 108 valence electrons. The summed E-state index contributed by atoms with van der Waals surface area (Å²) in [6, 6.07) is 5.91. The molecule has 1 aliphatic carbocycles. The maximum atomic E-state index is 10.6. The molecule has 1 fully saturated rings. The van der Waals surface area contributed by atoms with Crippen LogP contribution >= 0.6 is 0 Å². The molecule has 0 saturated heterocycles. The van der Waals surface area contributed by atoms with E-state index in [1.807, 2.05) is 29.6 Å². The van der Waals surface area contributed by atoms with E-state index in [1.165, 1.54) is 6.42 Å². The number of aliphatic hydroxyl groups is 1. The van der Waals surface area contributed by atoms with Crippen LogP contribution in [0, 0.1) is 12.8 Å². The lowest BCUT2D eigenvalue weighted by Gasteiger charge is -2.35. The molecule has 0 bridgehead atoms. The molecule has 0 amide bonds. The Kier molecular flexibility index (Phi) is 3.38. The van der Waals surface area contributed by atoms with Gasteiger partial charge in [-0.3, -0.25) is 0 Å². The van der Waals surface area contributed by atoms with Crippen LogP contribution in [0.5, 0.6) is 0 Å². The molecule has 2 aromatic heterocycles. The highest BCUT2D eigenvalue weighted by molar-refractivity contribution is 5.44. The van der Waals surface area contributed by atoms with E-state index in [1.54, 1.807) is 0 Å². The second kappa shape index (κ2) is 5.05. The van der Waals surface area contributed by atoms with Crippen LogP contribution in [0.2, 0.25) is 0 Å². The fourth-order valence-corrected chi connectivity index (χ4v) is 3.15. The van der Waals surface area contributed by atoms with E-state index in [4.69, 9.17) is 0 Å². The normalized spacial score (nSPS) is 26.9. The maximum absolute atomic E-state index is 10.6. The van der Waals surface area contributed by atoms with Gasteiger partial charge in [-0.1, -0.05) is 25.8 Å². The summed E-state index contributed by atoms with van der Waals surface area (Å²) in [6.45, 7) is 4.73. The first kappa shape index (κ1) is 13.4. The molecule has 2 atom stereocenters. The molecule has 0 aromatic carbocycles. The molecule has 2 N–H and O–H groups in total.